The van der Waals surface area contributed by atoms with Crippen molar-refractivity contribution in [1.29, 1.82) is 0 Å². The smallest absolute Gasteiger partial charge is 0.0601 e. The van der Waals surface area contributed by atoms with E-state index in [2.05, 4.69) is 35.0 Å². The highest BCUT2D eigenvalue weighted by molar-refractivity contribution is 7.17. The van der Waals surface area contributed by atoms with E-state index in [0.29, 0.717) is 6.04 Å². The van der Waals surface area contributed by atoms with Crippen molar-refractivity contribution >= 4 is 21.4 Å². The average molecular weight is 259 g/mol. The zero-order valence-electron chi connectivity index (χ0n) is 10.3. The van der Waals surface area contributed by atoms with Crippen LogP contribution in [0.25, 0.3) is 10.1 Å². The molecular formula is C15H17NOS. The van der Waals surface area contributed by atoms with Crippen molar-refractivity contribution in [2.75, 3.05) is 19.8 Å². The van der Waals surface area contributed by atoms with Crippen LogP contribution >= 0.6 is 11.3 Å². The van der Waals surface area contributed by atoms with Gasteiger partial charge in [-0.1, -0.05) is 18.2 Å². The van der Waals surface area contributed by atoms with E-state index in [-0.39, 0.29) is 5.41 Å². The number of nitrogens with one attached hydrogen (secondary N) is 1. The Balaban J connectivity index is 1.84. The van der Waals surface area contributed by atoms with Crippen LogP contribution in [0.15, 0.2) is 29.6 Å². The molecule has 0 bridgehead atoms. The fraction of sp³-hybridized carbons (Fsp3) is 0.467. The topological polar surface area (TPSA) is 21.3 Å². The maximum absolute atomic E-state index is 5.59. The molecule has 0 radical (unpaired) electrons. The molecule has 3 heteroatoms. The molecule has 0 aliphatic carbocycles. The largest absolute Gasteiger partial charge is 0.379 e. The first kappa shape index (κ1) is 11.0. The van der Waals surface area contributed by atoms with Gasteiger partial charge in [0.25, 0.3) is 0 Å². The SMILES string of the molecule is c1ccc2c(C3(C4CCCN4)COC3)csc2c1. The molecule has 2 aliphatic rings. The van der Waals surface area contributed by atoms with Gasteiger partial charge in [0.05, 0.1) is 18.6 Å². The van der Waals surface area contributed by atoms with Gasteiger partial charge in [0.1, 0.15) is 0 Å². The quantitative estimate of drug-likeness (QED) is 0.895. The maximum atomic E-state index is 5.59. The number of ether oxygens (including phenoxy) is 1. The van der Waals surface area contributed by atoms with Crippen LogP contribution in [0.1, 0.15) is 18.4 Å². The van der Waals surface area contributed by atoms with E-state index in [9.17, 15) is 0 Å². The molecule has 4 rings (SSSR count). The third-order valence-corrected chi connectivity index (χ3v) is 5.43. The van der Waals surface area contributed by atoms with Gasteiger partial charge >= 0.3 is 0 Å². The first-order chi connectivity index (χ1) is 8.90. The van der Waals surface area contributed by atoms with Crippen LogP contribution in [0.2, 0.25) is 0 Å². The molecule has 18 heavy (non-hydrogen) atoms. The van der Waals surface area contributed by atoms with E-state index in [4.69, 9.17) is 4.74 Å². The van der Waals surface area contributed by atoms with Crippen molar-refractivity contribution in [3.05, 3.63) is 35.2 Å². The lowest BCUT2D eigenvalue weighted by Crippen LogP contribution is -2.58. The molecular weight excluding hydrogens is 242 g/mol. The molecule has 3 heterocycles. The van der Waals surface area contributed by atoms with Crippen LogP contribution < -0.4 is 5.32 Å². The Labute approximate surface area is 111 Å². The van der Waals surface area contributed by atoms with Crippen LogP contribution in [0, 0.1) is 0 Å². The number of hydrogen-bond donors (Lipinski definition) is 1. The molecule has 1 aromatic heterocycles. The summed E-state index contributed by atoms with van der Waals surface area (Å²) in [5, 5.41) is 7.46. The van der Waals surface area contributed by atoms with E-state index in [1.165, 1.54) is 28.5 Å². The summed E-state index contributed by atoms with van der Waals surface area (Å²) in [7, 11) is 0. The van der Waals surface area contributed by atoms with Crippen LogP contribution in [0.4, 0.5) is 0 Å². The zero-order chi connectivity index (χ0) is 12.0. The lowest BCUT2D eigenvalue weighted by molar-refractivity contribution is -0.0751. The molecule has 1 unspecified atom stereocenters. The summed E-state index contributed by atoms with van der Waals surface area (Å²) >= 11 is 1.87. The van der Waals surface area contributed by atoms with Crippen LogP contribution in [-0.4, -0.2) is 25.8 Å². The van der Waals surface area contributed by atoms with E-state index in [1.807, 2.05) is 11.3 Å². The minimum atomic E-state index is 0.232. The third kappa shape index (κ3) is 1.41. The average Bonchev–Trinajstić information content (AvgIpc) is 2.98. The molecule has 0 amide bonds. The predicted molar refractivity (Wildman–Crippen MR) is 75.3 cm³/mol. The number of rotatable bonds is 2. The second-order valence-electron chi connectivity index (χ2n) is 5.44. The van der Waals surface area contributed by atoms with Crippen molar-refractivity contribution in [3.8, 4) is 0 Å². The van der Waals surface area contributed by atoms with Crippen molar-refractivity contribution in [1.82, 2.24) is 5.32 Å². The molecule has 94 valence electrons. The van der Waals surface area contributed by atoms with E-state index in [1.54, 1.807) is 0 Å². The van der Waals surface area contributed by atoms with Crippen molar-refractivity contribution < 1.29 is 4.74 Å². The van der Waals surface area contributed by atoms with Crippen LogP contribution in [-0.2, 0) is 10.2 Å². The highest BCUT2D eigenvalue weighted by Gasteiger charge is 2.48. The Kier molecular flexibility index (Phi) is 2.47. The Hall–Kier alpha value is -0.900. The Morgan fingerprint density at radius 1 is 1.28 bits per heavy atom. The second-order valence-corrected chi connectivity index (χ2v) is 6.35. The number of benzene rings is 1. The predicted octanol–water partition coefficient (Wildman–Crippen LogP) is 2.92. The zero-order valence-corrected chi connectivity index (χ0v) is 11.1. The molecule has 2 fully saturated rings. The minimum absolute atomic E-state index is 0.232. The second kappa shape index (κ2) is 4.05. The minimum Gasteiger partial charge on any atom is -0.379 e. The van der Waals surface area contributed by atoms with E-state index in [0.717, 1.165) is 19.8 Å². The standard InChI is InChI=1S/C15H17NOS/c1-2-5-13-11(4-1)12(8-18-13)15(9-17-10-15)14-6-3-7-16-14/h1-2,4-5,8,14,16H,3,6-7,9-10H2. The maximum Gasteiger partial charge on any atom is 0.0601 e. The van der Waals surface area contributed by atoms with E-state index < -0.39 is 0 Å². The number of hydrogen-bond acceptors (Lipinski definition) is 3. The van der Waals surface area contributed by atoms with Gasteiger partial charge in [-0.25, -0.2) is 0 Å². The van der Waals surface area contributed by atoms with Gasteiger partial charge in [0, 0.05) is 10.7 Å². The third-order valence-electron chi connectivity index (χ3n) is 4.46. The Morgan fingerprint density at radius 2 is 2.17 bits per heavy atom. The van der Waals surface area contributed by atoms with Crippen molar-refractivity contribution in [2.24, 2.45) is 0 Å². The van der Waals surface area contributed by atoms with Gasteiger partial charge < -0.3 is 10.1 Å². The monoisotopic (exact) mass is 259 g/mol. The highest BCUT2D eigenvalue weighted by atomic mass is 32.1. The highest BCUT2D eigenvalue weighted by Crippen LogP contribution is 2.44. The van der Waals surface area contributed by atoms with Gasteiger partial charge in [-0.2, -0.15) is 0 Å². The first-order valence-corrected chi connectivity index (χ1v) is 7.56. The summed E-state index contributed by atoms with van der Waals surface area (Å²) < 4.78 is 6.99. The molecule has 0 spiro atoms. The summed E-state index contributed by atoms with van der Waals surface area (Å²) in [5.41, 5.74) is 1.74. The molecule has 2 aliphatic heterocycles. The molecule has 2 nitrogen and oxygen atoms in total. The molecule has 2 aromatic rings. The number of fused-ring (bicyclic) bond motifs is 1. The summed E-state index contributed by atoms with van der Waals surface area (Å²) in [6.07, 6.45) is 2.59. The molecule has 1 atom stereocenters. The Bertz CT molecular complexity index is 567. The summed E-state index contributed by atoms with van der Waals surface area (Å²) in [6.45, 7) is 2.92. The number of thiophene rings is 1. The molecule has 1 N–H and O–H groups in total. The molecule has 1 aromatic carbocycles. The van der Waals surface area contributed by atoms with Crippen molar-refractivity contribution in [2.45, 2.75) is 24.3 Å². The lowest BCUT2D eigenvalue weighted by atomic mass is 9.72. The molecule has 0 saturated carbocycles. The van der Waals surface area contributed by atoms with Gasteiger partial charge in [-0.15, -0.1) is 11.3 Å². The van der Waals surface area contributed by atoms with Gasteiger partial charge in [-0.05, 0) is 41.8 Å². The lowest BCUT2D eigenvalue weighted by Gasteiger charge is -2.46. The van der Waals surface area contributed by atoms with Crippen LogP contribution in [0.5, 0.6) is 0 Å². The fourth-order valence-corrected chi connectivity index (χ4v) is 4.45. The Morgan fingerprint density at radius 3 is 2.89 bits per heavy atom. The summed E-state index contributed by atoms with van der Waals surface area (Å²) in [5.74, 6) is 0. The molecule has 2 saturated heterocycles. The summed E-state index contributed by atoms with van der Waals surface area (Å²) in [4.78, 5) is 0. The first-order valence-electron chi connectivity index (χ1n) is 6.68. The van der Waals surface area contributed by atoms with Crippen LogP contribution in [0.3, 0.4) is 0 Å². The van der Waals surface area contributed by atoms with Gasteiger partial charge in [-0.3, -0.25) is 0 Å². The normalized spacial score (nSPS) is 26.3. The van der Waals surface area contributed by atoms with Gasteiger partial charge in [0.2, 0.25) is 0 Å². The van der Waals surface area contributed by atoms with Crippen molar-refractivity contribution in [3.63, 3.8) is 0 Å². The van der Waals surface area contributed by atoms with Gasteiger partial charge in [0.15, 0.2) is 0 Å². The summed E-state index contributed by atoms with van der Waals surface area (Å²) in [6, 6.07) is 9.35. The fourth-order valence-electron chi connectivity index (χ4n) is 3.39. The van der Waals surface area contributed by atoms with E-state index >= 15 is 0 Å².